The minimum Gasteiger partial charge on any atom is -0.318 e. The fourth-order valence-corrected chi connectivity index (χ4v) is 1.25. The van der Waals surface area contributed by atoms with E-state index < -0.39 is 0 Å². The van der Waals surface area contributed by atoms with E-state index >= 15 is 0 Å². The number of nitrogens with zero attached hydrogens (tertiary/aromatic N) is 2. The molecule has 0 unspecified atom stereocenters. The molecule has 0 aromatic rings. The number of hydrogen-bond acceptors (Lipinski definition) is 2. The third-order valence-corrected chi connectivity index (χ3v) is 2.20. The van der Waals surface area contributed by atoms with E-state index in [0.29, 0.717) is 12.0 Å². The molecule has 0 N–H and O–H groups in total. The highest BCUT2D eigenvalue weighted by Crippen LogP contribution is 2.10. The Balaban J connectivity index is 4.67. The third-order valence-electron chi connectivity index (χ3n) is 1.84. The Labute approximate surface area is 111 Å². The Hall–Kier alpha value is -0.910. The molecule has 0 aliphatic carbocycles. The van der Waals surface area contributed by atoms with Gasteiger partial charge in [-0.05, 0) is 41.8 Å². The van der Waals surface area contributed by atoms with Crippen LogP contribution in [0.1, 0.15) is 19.8 Å². The Kier molecular flexibility index (Phi) is 7.80. The molecule has 0 spiro atoms. The highest BCUT2D eigenvalue weighted by molar-refractivity contribution is 14.1. The minimum atomic E-state index is -0.0526. The van der Waals surface area contributed by atoms with E-state index in [2.05, 4.69) is 40.9 Å². The van der Waals surface area contributed by atoms with Crippen molar-refractivity contribution in [2.75, 3.05) is 7.05 Å². The summed E-state index contributed by atoms with van der Waals surface area (Å²) in [6.45, 7) is 9.11. The first-order chi connectivity index (χ1) is 7.52. The van der Waals surface area contributed by atoms with Crippen molar-refractivity contribution >= 4 is 35.2 Å². The molecule has 0 saturated heterocycles. The fraction of sp³-hybridized carbons (Fsp3) is 0.333. The minimum absolute atomic E-state index is 0.0526. The predicted molar refractivity (Wildman–Crippen MR) is 77.6 cm³/mol. The van der Waals surface area contributed by atoms with Crippen molar-refractivity contribution < 1.29 is 4.79 Å². The van der Waals surface area contributed by atoms with Crippen molar-refractivity contribution in [3.05, 3.63) is 34.2 Å². The zero-order chi connectivity index (χ0) is 12.6. The molecule has 0 aliphatic heterocycles. The van der Waals surface area contributed by atoms with Crippen LogP contribution in [0.2, 0.25) is 0 Å². The van der Waals surface area contributed by atoms with E-state index in [9.17, 15) is 4.79 Å². The molecule has 0 atom stereocenters. The largest absolute Gasteiger partial charge is 0.318 e. The number of hydrogen-bond donors (Lipinski definition) is 0. The topological polar surface area (TPSA) is 32.7 Å². The van der Waals surface area contributed by atoms with Crippen LogP contribution in [-0.4, -0.2) is 24.6 Å². The monoisotopic (exact) mass is 332 g/mol. The quantitative estimate of drug-likeness (QED) is 0.318. The first-order valence-corrected chi connectivity index (χ1v) is 6.05. The summed E-state index contributed by atoms with van der Waals surface area (Å²) >= 11 is 2.09. The molecule has 16 heavy (non-hydrogen) atoms. The number of allylic oxidation sites excluding steroid dienone is 2. The number of rotatable bonds is 6. The van der Waals surface area contributed by atoms with Crippen LogP contribution in [0, 0.1) is 0 Å². The van der Waals surface area contributed by atoms with Crippen LogP contribution in [0.5, 0.6) is 0 Å². The molecule has 0 radical (unpaired) electrons. The van der Waals surface area contributed by atoms with Crippen LogP contribution in [0.15, 0.2) is 39.2 Å². The van der Waals surface area contributed by atoms with Crippen molar-refractivity contribution in [2.24, 2.45) is 4.99 Å². The fourth-order valence-electron chi connectivity index (χ4n) is 1.09. The number of likely N-dealkylation sites (N-methyl/N-ethyl adjacent to an activating group) is 1. The molecule has 88 valence electrons. The van der Waals surface area contributed by atoms with Crippen molar-refractivity contribution in [3.8, 4) is 0 Å². The SMILES string of the molecule is C=N/C=C(/CCC)C(=O)N(C)/C=C\C(=C)I. The standard InChI is InChI=1S/C12H17IN2O/c1-5-6-11(9-14-3)12(16)15(4)8-7-10(2)13/h7-9H,2-3,5-6H2,1,4H3/b8-7-,11-9-. The molecule has 4 heteroatoms. The van der Waals surface area contributed by atoms with Gasteiger partial charge in [-0.25, -0.2) is 0 Å². The lowest BCUT2D eigenvalue weighted by molar-refractivity contribution is -0.123. The van der Waals surface area contributed by atoms with Crippen molar-refractivity contribution in [1.82, 2.24) is 4.90 Å². The Morgan fingerprint density at radius 1 is 1.56 bits per heavy atom. The van der Waals surface area contributed by atoms with Crippen molar-refractivity contribution in [2.45, 2.75) is 19.8 Å². The van der Waals surface area contributed by atoms with Gasteiger partial charge in [0, 0.05) is 28.6 Å². The van der Waals surface area contributed by atoms with Gasteiger partial charge in [0.1, 0.15) is 0 Å². The lowest BCUT2D eigenvalue weighted by Crippen LogP contribution is -2.22. The number of aliphatic imine (C=N–C) groups is 1. The highest BCUT2D eigenvalue weighted by Gasteiger charge is 2.11. The summed E-state index contributed by atoms with van der Waals surface area (Å²) in [7, 11) is 1.71. The number of carbonyl (C=O) groups excluding carboxylic acids is 1. The zero-order valence-electron chi connectivity index (χ0n) is 9.74. The molecular weight excluding hydrogens is 315 g/mol. The maximum atomic E-state index is 11.9. The molecule has 0 bridgehead atoms. The maximum Gasteiger partial charge on any atom is 0.255 e. The van der Waals surface area contributed by atoms with Gasteiger partial charge in [0.2, 0.25) is 0 Å². The summed E-state index contributed by atoms with van der Waals surface area (Å²) < 4.78 is 0.875. The molecule has 0 heterocycles. The van der Waals surface area contributed by atoms with Crippen LogP contribution in [0.4, 0.5) is 0 Å². The summed E-state index contributed by atoms with van der Waals surface area (Å²) in [6, 6.07) is 0. The molecule has 0 aromatic heterocycles. The number of halogens is 1. The van der Waals surface area contributed by atoms with E-state index in [1.54, 1.807) is 19.3 Å². The van der Waals surface area contributed by atoms with Gasteiger partial charge >= 0.3 is 0 Å². The molecule has 0 rings (SSSR count). The van der Waals surface area contributed by atoms with E-state index in [1.165, 1.54) is 11.1 Å². The first-order valence-electron chi connectivity index (χ1n) is 4.97. The first kappa shape index (κ1) is 15.1. The van der Waals surface area contributed by atoms with Gasteiger partial charge in [-0.1, -0.05) is 19.9 Å². The Morgan fingerprint density at radius 2 is 2.19 bits per heavy atom. The van der Waals surface area contributed by atoms with Crippen LogP contribution in [0.25, 0.3) is 0 Å². The lowest BCUT2D eigenvalue weighted by Gasteiger charge is -2.13. The second kappa shape index (κ2) is 8.27. The maximum absolute atomic E-state index is 11.9. The smallest absolute Gasteiger partial charge is 0.255 e. The van der Waals surface area contributed by atoms with E-state index in [0.717, 1.165) is 10.0 Å². The van der Waals surface area contributed by atoms with Crippen LogP contribution in [0.3, 0.4) is 0 Å². The summed E-state index contributed by atoms with van der Waals surface area (Å²) in [5.41, 5.74) is 0.670. The van der Waals surface area contributed by atoms with Gasteiger partial charge in [0.15, 0.2) is 0 Å². The van der Waals surface area contributed by atoms with Crippen LogP contribution in [-0.2, 0) is 4.79 Å². The predicted octanol–water partition coefficient (Wildman–Crippen LogP) is 3.29. The van der Waals surface area contributed by atoms with Gasteiger partial charge in [-0.2, -0.15) is 0 Å². The average molecular weight is 332 g/mol. The van der Waals surface area contributed by atoms with E-state index in [-0.39, 0.29) is 5.91 Å². The van der Waals surface area contributed by atoms with Crippen LogP contribution >= 0.6 is 22.6 Å². The number of carbonyl (C=O) groups is 1. The van der Waals surface area contributed by atoms with Crippen molar-refractivity contribution in [1.29, 1.82) is 0 Å². The zero-order valence-corrected chi connectivity index (χ0v) is 11.9. The second-order valence-corrected chi connectivity index (χ2v) is 4.65. The number of amides is 1. The van der Waals surface area contributed by atoms with Gasteiger partial charge < -0.3 is 4.90 Å². The molecule has 1 amide bonds. The normalized spacial score (nSPS) is 11.6. The van der Waals surface area contributed by atoms with Gasteiger partial charge in [-0.3, -0.25) is 9.79 Å². The van der Waals surface area contributed by atoms with E-state index in [4.69, 9.17) is 0 Å². The molecule has 3 nitrogen and oxygen atoms in total. The Bertz CT molecular complexity index is 332. The molecule has 0 aromatic carbocycles. The molecule has 0 saturated carbocycles. The summed E-state index contributed by atoms with van der Waals surface area (Å²) in [4.78, 5) is 17.1. The van der Waals surface area contributed by atoms with Gasteiger partial charge in [0.05, 0.1) is 0 Å². The average Bonchev–Trinajstić information content (AvgIpc) is 2.24. The lowest BCUT2D eigenvalue weighted by atomic mass is 10.1. The van der Waals surface area contributed by atoms with Crippen molar-refractivity contribution in [3.63, 3.8) is 0 Å². The third kappa shape index (κ3) is 5.85. The second-order valence-electron chi connectivity index (χ2n) is 3.27. The molecule has 0 aliphatic rings. The van der Waals surface area contributed by atoms with E-state index in [1.807, 2.05) is 6.92 Å². The van der Waals surface area contributed by atoms with Gasteiger partial charge in [-0.15, -0.1) is 0 Å². The van der Waals surface area contributed by atoms with Crippen LogP contribution < -0.4 is 0 Å². The summed E-state index contributed by atoms with van der Waals surface area (Å²) in [6.07, 6.45) is 6.62. The summed E-state index contributed by atoms with van der Waals surface area (Å²) in [5, 5.41) is 0. The van der Waals surface area contributed by atoms with Gasteiger partial charge in [0.25, 0.3) is 5.91 Å². The summed E-state index contributed by atoms with van der Waals surface area (Å²) in [5.74, 6) is -0.0526. The molecule has 0 fully saturated rings. The molecular formula is C12H17IN2O. The Morgan fingerprint density at radius 3 is 2.62 bits per heavy atom. The highest BCUT2D eigenvalue weighted by atomic mass is 127.